The van der Waals surface area contributed by atoms with E-state index in [0.29, 0.717) is 0 Å². The highest BCUT2D eigenvalue weighted by Gasteiger charge is 2.13. The van der Waals surface area contributed by atoms with Gasteiger partial charge in [0.2, 0.25) is 0 Å². The number of hydrogen-bond donors (Lipinski definition) is 1. The van der Waals surface area contributed by atoms with Gasteiger partial charge in [-0.3, -0.25) is 4.79 Å². The standard InChI is InChI=1S/C19H14N2O/c22-19-18-16(14-7-3-1-4-8-14)13-21(17(18)11-12-20-19)15-9-5-2-6-10-15/h1-13H,(H,20,22). The Morgan fingerprint density at radius 1 is 0.818 bits per heavy atom. The minimum atomic E-state index is -0.0639. The highest BCUT2D eigenvalue weighted by atomic mass is 16.1. The Balaban J connectivity index is 2.09. The van der Waals surface area contributed by atoms with E-state index in [9.17, 15) is 4.79 Å². The number of para-hydroxylation sites is 1. The number of aromatic nitrogens is 2. The summed E-state index contributed by atoms with van der Waals surface area (Å²) in [6, 6.07) is 22.0. The molecule has 2 aromatic carbocycles. The van der Waals surface area contributed by atoms with E-state index in [2.05, 4.69) is 9.55 Å². The molecule has 3 heteroatoms. The van der Waals surface area contributed by atoms with Crippen molar-refractivity contribution in [3.05, 3.63) is 89.5 Å². The monoisotopic (exact) mass is 286 g/mol. The van der Waals surface area contributed by atoms with Crippen molar-refractivity contribution < 1.29 is 0 Å². The van der Waals surface area contributed by atoms with Crippen LogP contribution in [0.3, 0.4) is 0 Å². The zero-order chi connectivity index (χ0) is 14.9. The first-order valence-corrected chi connectivity index (χ1v) is 7.18. The van der Waals surface area contributed by atoms with Crippen molar-refractivity contribution in [2.45, 2.75) is 0 Å². The number of rotatable bonds is 2. The first-order chi connectivity index (χ1) is 10.8. The summed E-state index contributed by atoms with van der Waals surface area (Å²) in [7, 11) is 0. The molecule has 106 valence electrons. The molecule has 3 nitrogen and oxygen atoms in total. The second-order valence-electron chi connectivity index (χ2n) is 5.18. The van der Waals surface area contributed by atoms with Crippen molar-refractivity contribution in [1.82, 2.24) is 9.55 Å². The van der Waals surface area contributed by atoms with Crippen molar-refractivity contribution in [2.24, 2.45) is 0 Å². The van der Waals surface area contributed by atoms with Gasteiger partial charge in [-0.15, -0.1) is 0 Å². The molecule has 0 saturated heterocycles. The molecule has 0 aliphatic rings. The Kier molecular flexibility index (Phi) is 2.90. The van der Waals surface area contributed by atoms with Crippen molar-refractivity contribution in [3.63, 3.8) is 0 Å². The molecule has 2 heterocycles. The van der Waals surface area contributed by atoms with E-state index in [1.165, 1.54) is 0 Å². The maximum Gasteiger partial charge on any atom is 0.258 e. The lowest BCUT2D eigenvalue weighted by Crippen LogP contribution is -2.04. The predicted octanol–water partition coefficient (Wildman–Crippen LogP) is 3.99. The van der Waals surface area contributed by atoms with Gasteiger partial charge in [0.25, 0.3) is 5.56 Å². The van der Waals surface area contributed by atoms with Crippen molar-refractivity contribution >= 4 is 10.9 Å². The Morgan fingerprint density at radius 2 is 1.50 bits per heavy atom. The number of fused-ring (bicyclic) bond motifs is 1. The summed E-state index contributed by atoms with van der Waals surface area (Å²) in [5, 5.41) is 0.720. The highest BCUT2D eigenvalue weighted by molar-refractivity contribution is 5.96. The van der Waals surface area contributed by atoms with Gasteiger partial charge in [-0.25, -0.2) is 0 Å². The summed E-state index contributed by atoms with van der Waals surface area (Å²) in [5.74, 6) is 0. The van der Waals surface area contributed by atoms with Crippen molar-refractivity contribution in [1.29, 1.82) is 0 Å². The fraction of sp³-hybridized carbons (Fsp3) is 0. The zero-order valence-electron chi connectivity index (χ0n) is 11.9. The molecule has 2 aromatic heterocycles. The molecule has 0 fully saturated rings. The predicted molar refractivity (Wildman–Crippen MR) is 89.3 cm³/mol. The van der Waals surface area contributed by atoms with Gasteiger partial charge in [0, 0.05) is 23.6 Å². The third-order valence-corrected chi connectivity index (χ3v) is 3.85. The van der Waals surface area contributed by atoms with E-state index in [4.69, 9.17) is 0 Å². The van der Waals surface area contributed by atoms with Gasteiger partial charge in [0.05, 0.1) is 10.9 Å². The molecule has 0 unspecified atom stereocenters. The quantitative estimate of drug-likeness (QED) is 0.594. The summed E-state index contributed by atoms with van der Waals surface area (Å²) in [6.45, 7) is 0. The minimum absolute atomic E-state index is 0.0639. The summed E-state index contributed by atoms with van der Waals surface area (Å²) < 4.78 is 2.06. The lowest BCUT2D eigenvalue weighted by Gasteiger charge is -2.03. The second-order valence-corrected chi connectivity index (χ2v) is 5.18. The van der Waals surface area contributed by atoms with Crippen LogP contribution >= 0.6 is 0 Å². The number of H-pyrrole nitrogens is 1. The van der Waals surface area contributed by atoms with Crippen LogP contribution in [0.4, 0.5) is 0 Å². The molecule has 0 aliphatic heterocycles. The summed E-state index contributed by atoms with van der Waals surface area (Å²) in [5.41, 5.74) is 3.88. The maximum absolute atomic E-state index is 12.3. The summed E-state index contributed by atoms with van der Waals surface area (Å²) >= 11 is 0. The lowest BCUT2D eigenvalue weighted by molar-refractivity contribution is 1.12. The highest BCUT2D eigenvalue weighted by Crippen LogP contribution is 2.30. The third kappa shape index (κ3) is 1.95. The Labute approximate surface area is 127 Å². The van der Waals surface area contributed by atoms with E-state index < -0.39 is 0 Å². The number of nitrogens with one attached hydrogen (secondary N) is 1. The van der Waals surface area contributed by atoms with Crippen LogP contribution in [0, 0.1) is 0 Å². The SMILES string of the molecule is O=c1[nH]ccc2c1c(-c1ccccc1)cn2-c1ccccc1. The normalized spacial score (nSPS) is 10.9. The van der Waals surface area contributed by atoms with Crippen molar-refractivity contribution in [3.8, 4) is 16.8 Å². The van der Waals surface area contributed by atoms with Crippen LogP contribution in [-0.4, -0.2) is 9.55 Å². The van der Waals surface area contributed by atoms with Gasteiger partial charge >= 0.3 is 0 Å². The molecular weight excluding hydrogens is 272 g/mol. The van der Waals surface area contributed by atoms with E-state index in [1.807, 2.05) is 72.9 Å². The summed E-state index contributed by atoms with van der Waals surface area (Å²) in [4.78, 5) is 15.1. The molecule has 0 bridgehead atoms. The first-order valence-electron chi connectivity index (χ1n) is 7.18. The Morgan fingerprint density at radius 3 is 2.23 bits per heavy atom. The molecule has 0 aliphatic carbocycles. The fourth-order valence-electron chi connectivity index (χ4n) is 2.83. The minimum Gasteiger partial charge on any atom is -0.328 e. The molecule has 4 rings (SSSR count). The average molecular weight is 286 g/mol. The molecule has 0 atom stereocenters. The molecule has 4 aromatic rings. The number of nitrogens with zero attached hydrogens (tertiary/aromatic N) is 1. The Hall–Kier alpha value is -3.07. The van der Waals surface area contributed by atoms with Crippen molar-refractivity contribution in [2.75, 3.05) is 0 Å². The van der Waals surface area contributed by atoms with Crippen LogP contribution in [0.2, 0.25) is 0 Å². The van der Waals surface area contributed by atoms with Gasteiger partial charge in [0.1, 0.15) is 0 Å². The number of benzene rings is 2. The van der Waals surface area contributed by atoms with Gasteiger partial charge in [0.15, 0.2) is 0 Å². The van der Waals surface area contributed by atoms with Gasteiger partial charge < -0.3 is 9.55 Å². The van der Waals surface area contributed by atoms with Gasteiger partial charge in [-0.2, -0.15) is 0 Å². The maximum atomic E-state index is 12.3. The average Bonchev–Trinajstić information content (AvgIpc) is 2.98. The van der Waals surface area contributed by atoms with Crippen LogP contribution in [0.25, 0.3) is 27.7 Å². The van der Waals surface area contributed by atoms with Crippen LogP contribution in [0.15, 0.2) is 83.9 Å². The smallest absolute Gasteiger partial charge is 0.258 e. The van der Waals surface area contributed by atoms with Crippen LogP contribution in [-0.2, 0) is 0 Å². The largest absolute Gasteiger partial charge is 0.328 e. The zero-order valence-corrected chi connectivity index (χ0v) is 11.9. The second kappa shape index (κ2) is 5.04. The van der Waals surface area contributed by atoms with Crippen LogP contribution in [0.5, 0.6) is 0 Å². The molecule has 22 heavy (non-hydrogen) atoms. The fourth-order valence-corrected chi connectivity index (χ4v) is 2.83. The van der Waals surface area contributed by atoms with Crippen LogP contribution in [0.1, 0.15) is 0 Å². The topological polar surface area (TPSA) is 37.8 Å². The van der Waals surface area contributed by atoms with Crippen LogP contribution < -0.4 is 5.56 Å². The molecule has 0 amide bonds. The molecule has 0 spiro atoms. The van der Waals surface area contributed by atoms with Gasteiger partial charge in [-0.05, 0) is 23.8 Å². The number of hydrogen-bond acceptors (Lipinski definition) is 1. The first kappa shape index (κ1) is 12.7. The third-order valence-electron chi connectivity index (χ3n) is 3.85. The van der Waals surface area contributed by atoms with E-state index in [1.54, 1.807) is 6.20 Å². The molecule has 0 saturated carbocycles. The van der Waals surface area contributed by atoms with Gasteiger partial charge in [-0.1, -0.05) is 48.5 Å². The summed E-state index contributed by atoms with van der Waals surface area (Å²) in [6.07, 6.45) is 3.73. The number of pyridine rings is 1. The van der Waals surface area contributed by atoms with E-state index in [0.717, 1.165) is 27.7 Å². The lowest BCUT2D eigenvalue weighted by atomic mass is 10.1. The Bertz CT molecular complexity index is 982. The molecule has 0 radical (unpaired) electrons. The van der Waals surface area contributed by atoms with E-state index in [-0.39, 0.29) is 5.56 Å². The molecular formula is C19H14N2O. The number of aromatic amines is 1. The molecule has 1 N–H and O–H groups in total. The van der Waals surface area contributed by atoms with E-state index >= 15 is 0 Å².